The maximum absolute atomic E-state index is 11.9. The molecule has 1 heterocycles. The van der Waals surface area contributed by atoms with E-state index in [2.05, 4.69) is 0 Å². The highest BCUT2D eigenvalue weighted by atomic mass is 16.4. The van der Waals surface area contributed by atoms with Crippen LogP contribution in [-0.4, -0.2) is 57.9 Å². The normalized spacial score (nSPS) is 17.6. The number of hydrogen-bond donors (Lipinski definition) is 1. The van der Waals surface area contributed by atoms with E-state index in [1.165, 1.54) is 18.7 Å². The zero-order chi connectivity index (χ0) is 14.1. The van der Waals surface area contributed by atoms with Gasteiger partial charge in [-0.25, -0.2) is 4.79 Å². The number of hydrogen-bond acceptors (Lipinski definition) is 3. The fourth-order valence-electron chi connectivity index (χ4n) is 1.94. The third-order valence-corrected chi connectivity index (χ3v) is 3.09. The topological polar surface area (TPSA) is 77.9 Å². The number of carboxylic acid groups (broad SMARTS) is 1. The molecule has 2 amide bonds. The van der Waals surface area contributed by atoms with E-state index >= 15 is 0 Å². The molecule has 0 aromatic heterocycles. The Balaban J connectivity index is 2.85. The van der Waals surface area contributed by atoms with Gasteiger partial charge in [-0.3, -0.25) is 9.59 Å². The van der Waals surface area contributed by atoms with Gasteiger partial charge in [0.15, 0.2) is 0 Å². The first-order valence-corrected chi connectivity index (χ1v) is 6.02. The zero-order valence-electron chi connectivity index (χ0n) is 11.3. The number of carbonyl (C=O) groups is 3. The summed E-state index contributed by atoms with van der Waals surface area (Å²) in [5, 5.41) is 9.09. The van der Waals surface area contributed by atoms with E-state index in [-0.39, 0.29) is 12.5 Å². The van der Waals surface area contributed by atoms with Gasteiger partial charge < -0.3 is 14.9 Å². The number of rotatable bonds is 4. The van der Waals surface area contributed by atoms with Crippen LogP contribution in [-0.2, 0) is 14.4 Å². The minimum Gasteiger partial charge on any atom is -0.480 e. The maximum Gasteiger partial charge on any atom is 0.329 e. The average molecular weight is 256 g/mol. The Labute approximate surface area is 107 Å². The average Bonchev–Trinajstić information content (AvgIpc) is 2.23. The van der Waals surface area contributed by atoms with Gasteiger partial charge in [-0.15, -0.1) is 0 Å². The highest BCUT2D eigenvalue weighted by Gasteiger charge is 2.44. The molecule has 102 valence electrons. The van der Waals surface area contributed by atoms with Crippen LogP contribution in [0.25, 0.3) is 0 Å². The molecule has 0 aromatic rings. The fraction of sp³-hybridized carbons (Fsp3) is 0.750. The standard InChI is InChI=1S/C12H20N2O4/c1-8(2)7-13-5-6-14(10(16)9(13)15)12(3,4)11(17)18/h8H,5-7H2,1-4H3,(H,17,18). The van der Waals surface area contributed by atoms with Gasteiger partial charge in [0.1, 0.15) is 5.54 Å². The first-order chi connectivity index (χ1) is 8.17. The maximum atomic E-state index is 11.9. The smallest absolute Gasteiger partial charge is 0.329 e. The molecule has 1 aliphatic rings. The molecule has 1 fully saturated rings. The van der Waals surface area contributed by atoms with Crippen LogP contribution in [0.5, 0.6) is 0 Å². The molecule has 0 saturated carbocycles. The summed E-state index contributed by atoms with van der Waals surface area (Å²) in [6.45, 7) is 7.95. The molecule has 18 heavy (non-hydrogen) atoms. The number of amides is 2. The van der Waals surface area contributed by atoms with Crippen LogP contribution in [0.2, 0.25) is 0 Å². The number of carboxylic acids is 1. The molecule has 6 nitrogen and oxygen atoms in total. The quantitative estimate of drug-likeness (QED) is 0.728. The zero-order valence-corrected chi connectivity index (χ0v) is 11.3. The fourth-order valence-corrected chi connectivity index (χ4v) is 1.94. The largest absolute Gasteiger partial charge is 0.480 e. The molecule has 1 rings (SSSR count). The van der Waals surface area contributed by atoms with E-state index in [1.54, 1.807) is 0 Å². The molecule has 1 N–H and O–H groups in total. The summed E-state index contributed by atoms with van der Waals surface area (Å²) in [6.07, 6.45) is 0. The summed E-state index contributed by atoms with van der Waals surface area (Å²) in [5.74, 6) is -2.17. The van der Waals surface area contributed by atoms with Crippen LogP contribution in [0, 0.1) is 5.92 Å². The van der Waals surface area contributed by atoms with Crippen molar-refractivity contribution >= 4 is 17.8 Å². The van der Waals surface area contributed by atoms with Crippen LogP contribution in [0.15, 0.2) is 0 Å². The predicted octanol–water partition coefficient (Wildman–Crippen LogP) is 0.176. The van der Waals surface area contributed by atoms with E-state index in [4.69, 9.17) is 5.11 Å². The Morgan fingerprint density at radius 2 is 1.83 bits per heavy atom. The van der Waals surface area contributed by atoms with E-state index in [0.29, 0.717) is 13.1 Å². The molecule has 0 radical (unpaired) electrons. The molecule has 0 unspecified atom stereocenters. The van der Waals surface area contributed by atoms with Crippen LogP contribution in [0.4, 0.5) is 0 Å². The van der Waals surface area contributed by atoms with Gasteiger partial charge in [-0.05, 0) is 19.8 Å². The first kappa shape index (κ1) is 14.5. The van der Waals surface area contributed by atoms with Gasteiger partial charge >= 0.3 is 17.8 Å². The SMILES string of the molecule is CC(C)CN1CCN(C(C)(C)C(=O)O)C(=O)C1=O. The van der Waals surface area contributed by atoms with Gasteiger partial charge in [-0.2, -0.15) is 0 Å². The summed E-state index contributed by atoms with van der Waals surface area (Å²) in [4.78, 5) is 37.6. The lowest BCUT2D eigenvalue weighted by molar-refractivity contribution is -0.167. The summed E-state index contributed by atoms with van der Waals surface area (Å²) in [6, 6.07) is 0. The molecular weight excluding hydrogens is 236 g/mol. The summed E-state index contributed by atoms with van der Waals surface area (Å²) < 4.78 is 0. The second-order valence-electron chi connectivity index (χ2n) is 5.47. The summed E-state index contributed by atoms with van der Waals surface area (Å²) >= 11 is 0. The van der Waals surface area contributed by atoms with Gasteiger partial charge in [0.2, 0.25) is 0 Å². The van der Waals surface area contributed by atoms with E-state index in [0.717, 1.165) is 4.90 Å². The van der Waals surface area contributed by atoms with Gasteiger partial charge in [-0.1, -0.05) is 13.8 Å². The Kier molecular flexibility index (Phi) is 3.98. The van der Waals surface area contributed by atoms with E-state index in [9.17, 15) is 14.4 Å². The lowest BCUT2D eigenvalue weighted by Crippen LogP contribution is -2.63. The molecule has 6 heteroatoms. The molecule has 0 atom stereocenters. The van der Waals surface area contributed by atoms with Crippen molar-refractivity contribution in [3.05, 3.63) is 0 Å². The van der Waals surface area contributed by atoms with Crippen LogP contribution in [0.1, 0.15) is 27.7 Å². The molecule has 0 spiro atoms. The number of piperazine rings is 1. The highest BCUT2D eigenvalue weighted by molar-refractivity contribution is 6.36. The Morgan fingerprint density at radius 1 is 1.28 bits per heavy atom. The predicted molar refractivity (Wildman–Crippen MR) is 64.8 cm³/mol. The summed E-state index contributed by atoms with van der Waals surface area (Å²) in [5.41, 5.74) is -1.35. The summed E-state index contributed by atoms with van der Waals surface area (Å²) in [7, 11) is 0. The third kappa shape index (κ3) is 2.63. The molecule has 1 aliphatic heterocycles. The Hall–Kier alpha value is -1.59. The molecule has 0 aliphatic carbocycles. The van der Waals surface area contributed by atoms with Crippen molar-refractivity contribution in [1.82, 2.24) is 9.80 Å². The van der Waals surface area contributed by atoms with Gasteiger partial charge in [0.25, 0.3) is 0 Å². The third-order valence-electron chi connectivity index (χ3n) is 3.09. The van der Waals surface area contributed by atoms with Crippen molar-refractivity contribution in [2.75, 3.05) is 19.6 Å². The second-order valence-corrected chi connectivity index (χ2v) is 5.47. The second kappa shape index (κ2) is 4.96. The van der Waals surface area contributed by atoms with E-state index < -0.39 is 23.3 Å². The number of nitrogens with zero attached hydrogens (tertiary/aromatic N) is 2. The Bertz CT molecular complexity index is 376. The van der Waals surface area contributed by atoms with E-state index in [1.807, 2.05) is 13.8 Å². The molecule has 0 aromatic carbocycles. The van der Waals surface area contributed by atoms with Crippen molar-refractivity contribution in [3.8, 4) is 0 Å². The van der Waals surface area contributed by atoms with Crippen molar-refractivity contribution in [2.45, 2.75) is 33.2 Å². The van der Waals surface area contributed by atoms with Crippen molar-refractivity contribution in [2.24, 2.45) is 5.92 Å². The Morgan fingerprint density at radius 3 is 2.28 bits per heavy atom. The number of carbonyl (C=O) groups excluding carboxylic acids is 2. The monoisotopic (exact) mass is 256 g/mol. The van der Waals surface area contributed by atoms with Crippen molar-refractivity contribution in [3.63, 3.8) is 0 Å². The first-order valence-electron chi connectivity index (χ1n) is 6.02. The van der Waals surface area contributed by atoms with Crippen LogP contribution < -0.4 is 0 Å². The lowest BCUT2D eigenvalue weighted by Gasteiger charge is -2.41. The molecule has 1 saturated heterocycles. The molecule has 0 bridgehead atoms. The highest BCUT2D eigenvalue weighted by Crippen LogP contribution is 2.19. The number of aliphatic carboxylic acids is 1. The van der Waals surface area contributed by atoms with Crippen molar-refractivity contribution < 1.29 is 19.5 Å². The lowest BCUT2D eigenvalue weighted by atomic mass is 10.0. The van der Waals surface area contributed by atoms with Crippen LogP contribution in [0.3, 0.4) is 0 Å². The van der Waals surface area contributed by atoms with Crippen LogP contribution >= 0.6 is 0 Å². The van der Waals surface area contributed by atoms with Gasteiger partial charge in [0.05, 0.1) is 0 Å². The minimum absolute atomic E-state index is 0.261. The van der Waals surface area contributed by atoms with Gasteiger partial charge in [0, 0.05) is 19.6 Å². The van der Waals surface area contributed by atoms with Crippen molar-refractivity contribution in [1.29, 1.82) is 0 Å². The minimum atomic E-state index is -1.35. The molecular formula is C12H20N2O4.